The van der Waals surface area contributed by atoms with Crippen molar-refractivity contribution < 1.29 is 36.7 Å². The predicted molar refractivity (Wildman–Crippen MR) is 207 cm³/mol. The summed E-state index contributed by atoms with van der Waals surface area (Å²) in [5.41, 5.74) is 7.92. The van der Waals surface area contributed by atoms with Gasteiger partial charge in [-0.15, -0.1) is 0 Å². The molecule has 3 N–H and O–H groups in total. The van der Waals surface area contributed by atoms with Gasteiger partial charge in [-0.1, -0.05) is 54.8 Å². The number of Topliss-reactive ketones (excluding diaryl/α,β-unsaturated/α-hetero) is 2. The molecule has 1 aromatic heterocycles. The van der Waals surface area contributed by atoms with E-state index in [0.29, 0.717) is 50.0 Å². The van der Waals surface area contributed by atoms with Crippen molar-refractivity contribution in [2.75, 3.05) is 26.2 Å². The number of aromatic nitrogens is 1. The Morgan fingerprint density at radius 1 is 0.945 bits per heavy atom. The maximum Gasteiger partial charge on any atom is 0.410 e. The van der Waals surface area contributed by atoms with Crippen LogP contribution in [0.3, 0.4) is 0 Å². The van der Waals surface area contributed by atoms with Crippen LogP contribution in [0.5, 0.6) is 0 Å². The number of nitrogens with zero attached hydrogens (tertiary/aromatic N) is 3. The highest BCUT2D eigenvalue weighted by atomic mass is 32.2. The quantitative estimate of drug-likeness (QED) is 0.100. The lowest BCUT2D eigenvalue weighted by Crippen LogP contribution is -2.52. The van der Waals surface area contributed by atoms with Gasteiger partial charge in [0.2, 0.25) is 21.7 Å². The number of likely N-dealkylation sites (tertiary alicyclic amines) is 2. The molecule has 0 bridgehead atoms. The van der Waals surface area contributed by atoms with E-state index in [1.54, 1.807) is 47.4 Å². The van der Waals surface area contributed by atoms with E-state index >= 15 is 0 Å². The predicted octanol–water partition coefficient (Wildman–Crippen LogP) is 5.93. The van der Waals surface area contributed by atoms with Gasteiger partial charge in [-0.05, 0) is 95.0 Å². The van der Waals surface area contributed by atoms with Crippen LogP contribution in [-0.2, 0) is 24.3 Å². The van der Waals surface area contributed by atoms with Gasteiger partial charge < -0.3 is 24.7 Å². The number of benzene rings is 2. The zero-order valence-corrected chi connectivity index (χ0v) is 32.2. The largest absolute Gasteiger partial charge is 0.444 e. The number of sulfonamides is 1. The molecule has 2 aromatic carbocycles. The SMILES string of the molecule is NCCCC[C@H](CC(=O)[C@@H]1C[C@@H](OC(=O)N2CCCCC2)CN1C(=O)[C@@H](CC=C1CCCCC1)NS(=O)(=O)c1ccccc1)C(=O)c1nc2ccccc2o1. The van der Waals surface area contributed by atoms with Crippen molar-refractivity contribution in [1.82, 2.24) is 19.5 Å². The van der Waals surface area contributed by atoms with E-state index in [0.717, 1.165) is 51.4 Å². The Morgan fingerprint density at radius 2 is 1.65 bits per heavy atom. The molecule has 55 heavy (non-hydrogen) atoms. The van der Waals surface area contributed by atoms with Gasteiger partial charge >= 0.3 is 6.09 Å². The molecular weight excluding hydrogens is 723 g/mol. The fourth-order valence-corrected chi connectivity index (χ4v) is 9.09. The maximum absolute atomic E-state index is 14.7. The minimum absolute atomic E-state index is 0.0125. The minimum Gasteiger partial charge on any atom is -0.444 e. The number of rotatable bonds is 16. The molecule has 3 heterocycles. The first kappa shape index (κ1) is 40.3. The molecule has 13 nitrogen and oxygen atoms in total. The number of carbonyl (C=O) groups is 4. The second-order valence-electron chi connectivity index (χ2n) is 14.9. The molecule has 6 rings (SSSR count). The van der Waals surface area contributed by atoms with Gasteiger partial charge in [0.25, 0.3) is 5.89 Å². The summed E-state index contributed by atoms with van der Waals surface area (Å²) in [5, 5.41) is 0. The summed E-state index contributed by atoms with van der Waals surface area (Å²) in [4.78, 5) is 63.7. The van der Waals surface area contributed by atoms with Gasteiger partial charge in [-0.2, -0.15) is 4.72 Å². The topological polar surface area (TPSA) is 182 Å². The Hall–Kier alpha value is -4.40. The number of para-hydroxylation sites is 2. The number of ether oxygens (including phenoxy) is 1. The highest BCUT2D eigenvalue weighted by molar-refractivity contribution is 7.89. The van der Waals surface area contributed by atoms with E-state index in [1.807, 2.05) is 6.08 Å². The highest BCUT2D eigenvalue weighted by Gasteiger charge is 2.45. The summed E-state index contributed by atoms with van der Waals surface area (Å²) >= 11 is 0. The Labute approximate surface area is 323 Å². The van der Waals surface area contributed by atoms with Crippen molar-refractivity contribution in [3.05, 3.63) is 72.1 Å². The average molecular weight is 776 g/mol. The van der Waals surface area contributed by atoms with Crippen molar-refractivity contribution in [3.63, 3.8) is 0 Å². The number of piperidine rings is 1. The van der Waals surface area contributed by atoms with Crippen LogP contribution in [0.2, 0.25) is 0 Å². The van der Waals surface area contributed by atoms with Gasteiger partial charge in [-0.25, -0.2) is 18.2 Å². The summed E-state index contributed by atoms with van der Waals surface area (Å²) < 4.78 is 41.7. The van der Waals surface area contributed by atoms with Gasteiger partial charge in [0.1, 0.15) is 17.7 Å². The number of amides is 2. The van der Waals surface area contributed by atoms with Crippen LogP contribution in [0.25, 0.3) is 11.1 Å². The summed E-state index contributed by atoms with van der Waals surface area (Å²) in [5.74, 6) is -2.29. The van der Waals surface area contributed by atoms with E-state index in [9.17, 15) is 27.6 Å². The number of hydrogen-bond acceptors (Lipinski definition) is 10. The number of hydrogen-bond donors (Lipinski definition) is 2. The van der Waals surface area contributed by atoms with E-state index in [1.165, 1.54) is 22.6 Å². The Kier molecular flexibility index (Phi) is 13.9. The molecule has 0 unspecified atom stereocenters. The summed E-state index contributed by atoms with van der Waals surface area (Å²) in [6, 6.07) is 12.6. The second-order valence-corrected chi connectivity index (χ2v) is 16.7. The molecule has 2 amide bonds. The lowest BCUT2D eigenvalue weighted by Gasteiger charge is -2.29. The molecule has 1 saturated carbocycles. The van der Waals surface area contributed by atoms with Crippen molar-refractivity contribution >= 4 is 44.7 Å². The van der Waals surface area contributed by atoms with Gasteiger partial charge in [0, 0.05) is 31.8 Å². The molecular formula is C41H53N5O8S. The zero-order valence-electron chi connectivity index (χ0n) is 31.4. The molecule has 3 fully saturated rings. The first-order chi connectivity index (χ1) is 26.6. The first-order valence-corrected chi connectivity index (χ1v) is 21.2. The molecule has 3 aromatic rings. The van der Waals surface area contributed by atoms with Crippen LogP contribution in [0, 0.1) is 5.92 Å². The van der Waals surface area contributed by atoms with Crippen LogP contribution < -0.4 is 10.5 Å². The third-order valence-electron chi connectivity index (χ3n) is 10.9. The zero-order chi connectivity index (χ0) is 38.8. The molecule has 2 saturated heterocycles. The lowest BCUT2D eigenvalue weighted by molar-refractivity contribution is -0.139. The van der Waals surface area contributed by atoms with Gasteiger partial charge in [0.15, 0.2) is 11.4 Å². The van der Waals surface area contributed by atoms with Crippen molar-refractivity contribution in [3.8, 4) is 0 Å². The van der Waals surface area contributed by atoms with Crippen molar-refractivity contribution in [2.24, 2.45) is 11.7 Å². The number of allylic oxidation sites excluding steroid dienone is 1. The molecule has 14 heteroatoms. The first-order valence-electron chi connectivity index (χ1n) is 19.8. The number of carbonyl (C=O) groups excluding carboxylic acids is 4. The van der Waals surface area contributed by atoms with Crippen LogP contribution in [-0.4, -0.2) is 91.1 Å². The minimum atomic E-state index is -4.13. The highest BCUT2D eigenvalue weighted by Crippen LogP contribution is 2.30. The molecule has 296 valence electrons. The second kappa shape index (κ2) is 19.0. The number of nitrogens with two attached hydrogens (primary N) is 1. The van der Waals surface area contributed by atoms with Crippen LogP contribution >= 0.6 is 0 Å². The molecule has 1 aliphatic carbocycles. The van der Waals surface area contributed by atoms with E-state index in [-0.39, 0.29) is 42.4 Å². The Bertz CT molecular complexity index is 1900. The number of fused-ring (bicyclic) bond motifs is 1. The maximum atomic E-state index is 14.7. The monoisotopic (exact) mass is 775 g/mol. The summed E-state index contributed by atoms with van der Waals surface area (Å²) in [6.07, 6.45) is 9.82. The number of oxazole rings is 1. The van der Waals surface area contributed by atoms with Gasteiger partial charge in [-0.3, -0.25) is 14.4 Å². The third kappa shape index (κ3) is 10.5. The fourth-order valence-electron chi connectivity index (χ4n) is 7.87. The average Bonchev–Trinajstić information content (AvgIpc) is 3.84. The molecule has 0 spiro atoms. The molecule has 3 aliphatic rings. The standard InChI is InChI=1S/C41H53N5O8S/c42-23-11-10-16-30(38(48)39-43-33-19-8-9-20-37(33)54-39)26-36(47)35-27-31(53-41(50)45-24-12-3-13-25-45)28-46(35)40(49)34(22-21-29-14-4-1-5-15-29)44-55(51,52)32-17-6-2-7-18-32/h2,6-9,17-21,30-31,34-35,44H,1,3-5,10-16,22-28,42H2/t30-,31-,34-,35+/m1/s1. The molecule has 4 atom stereocenters. The van der Waals surface area contributed by atoms with E-state index in [4.69, 9.17) is 14.9 Å². The third-order valence-corrected chi connectivity index (χ3v) is 12.4. The molecule has 0 radical (unpaired) electrons. The van der Waals surface area contributed by atoms with Crippen LogP contribution in [0.1, 0.15) is 101 Å². The normalized spacial score (nSPS) is 20.3. The Balaban J connectivity index is 1.28. The number of ketones is 2. The Morgan fingerprint density at radius 3 is 2.38 bits per heavy atom. The van der Waals surface area contributed by atoms with Crippen LogP contribution in [0.4, 0.5) is 4.79 Å². The fraction of sp³-hybridized carbons (Fsp3) is 0.537. The van der Waals surface area contributed by atoms with E-state index < -0.39 is 51.9 Å². The lowest BCUT2D eigenvalue weighted by atomic mass is 9.89. The summed E-state index contributed by atoms with van der Waals surface area (Å²) in [7, 11) is -4.13. The van der Waals surface area contributed by atoms with E-state index in [2.05, 4.69) is 9.71 Å². The number of unbranched alkanes of at least 4 members (excludes halogenated alkanes) is 1. The van der Waals surface area contributed by atoms with Crippen molar-refractivity contribution in [1.29, 1.82) is 0 Å². The molecule has 2 aliphatic heterocycles. The smallest absolute Gasteiger partial charge is 0.410 e. The summed E-state index contributed by atoms with van der Waals surface area (Å²) in [6.45, 7) is 1.46. The number of nitrogens with one attached hydrogen (secondary N) is 1. The van der Waals surface area contributed by atoms with Crippen LogP contribution in [0.15, 0.2) is 75.6 Å². The van der Waals surface area contributed by atoms with Crippen molar-refractivity contribution in [2.45, 2.75) is 113 Å². The van der Waals surface area contributed by atoms with Gasteiger partial charge in [0.05, 0.1) is 17.5 Å².